The molecule has 0 saturated heterocycles. The molecule has 21 heavy (non-hydrogen) atoms. The number of hydrogen-bond donors (Lipinski definition) is 0. The maximum atomic E-state index is 4.38. The lowest BCUT2D eigenvalue weighted by Gasteiger charge is -2.07. The number of aromatic nitrogens is 1. The molecule has 0 N–H and O–H groups in total. The summed E-state index contributed by atoms with van der Waals surface area (Å²) in [7, 11) is 0. The molecule has 1 heterocycles. The summed E-state index contributed by atoms with van der Waals surface area (Å²) in [5.41, 5.74) is 3.33. The second-order valence-electron chi connectivity index (χ2n) is 5.02. The number of rotatable bonds is 2. The highest BCUT2D eigenvalue weighted by Gasteiger charge is 2.05. The molecule has 0 unspecified atom stereocenters. The fraction of sp³-hybridized carbons (Fsp3) is 0.150. The monoisotopic (exact) mass is 271 g/mol. The van der Waals surface area contributed by atoms with Crippen LogP contribution in [0.3, 0.4) is 0 Å². The van der Waals surface area contributed by atoms with Gasteiger partial charge in [0.1, 0.15) is 0 Å². The predicted octanol–water partition coefficient (Wildman–Crippen LogP) is 4.78. The van der Waals surface area contributed by atoms with Gasteiger partial charge in [-0.2, -0.15) is 0 Å². The van der Waals surface area contributed by atoms with Crippen LogP contribution in [0.15, 0.2) is 66.9 Å². The molecule has 0 radical (unpaired) electrons. The van der Waals surface area contributed by atoms with Crippen LogP contribution < -0.4 is 0 Å². The summed E-state index contributed by atoms with van der Waals surface area (Å²) in [6.45, 7) is 2.18. The second kappa shape index (κ2) is 6.24. The van der Waals surface area contributed by atoms with Gasteiger partial charge < -0.3 is 0 Å². The molecule has 0 aliphatic heterocycles. The van der Waals surface area contributed by atoms with Gasteiger partial charge in [0, 0.05) is 23.1 Å². The summed E-state index contributed by atoms with van der Waals surface area (Å²) in [5, 5.41) is 1.12. The van der Waals surface area contributed by atoms with E-state index in [1.807, 2.05) is 36.5 Å². The second-order valence-corrected chi connectivity index (χ2v) is 5.02. The van der Waals surface area contributed by atoms with Crippen LogP contribution in [0.1, 0.15) is 30.4 Å². The Bertz CT molecular complexity index is 789. The Morgan fingerprint density at radius 3 is 2.52 bits per heavy atom. The third kappa shape index (κ3) is 2.95. The van der Waals surface area contributed by atoms with Crippen LogP contribution in [0, 0.1) is 11.8 Å². The lowest BCUT2D eigenvalue weighted by atomic mass is 9.96. The zero-order valence-corrected chi connectivity index (χ0v) is 12.1. The summed E-state index contributed by atoms with van der Waals surface area (Å²) >= 11 is 0. The Labute approximate surface area is 125 Å². The van der Waals surface area contributed by atoms with Crippen LogP contribution >= 0.6 is 0 Å². The molecule has 0 aliphatic carbocycles. The van der Waals surface area contributed by atoms with Crippen molar-refractivity contribution in [2.45, 2.75) is 19.3 Å². The minimum Gasteiger partial charge on any atom is -0.256 e. The lowest BCUT2D eigenvalue weighted by molar-refractivity contribution is 0.830. The molecule has 0 aliphatic rings. The molecule has 0 fully saturated rings. The Kier molecular flexibility index (Phi) is 3.98. The van der Waals surface area contributed by atoms with Crippen LogP contribution in [0.2, 0.25) is 0 Å². The largest absolute Gasteiger partial charge is 0.256 e. The molecule has 0 spiro atoms. The highest BCUT2D eigenvalue weighted by atomic mass is 14.6. The van der Waals surface area contributed by atoms with Crippen molar-refractivity contribution in [1.29, 1.82) is 0 Å². The van der Waals surface area contributed by atoms with E-state index in [2.05, 4.69) is 54.1 Å². The maximum absolute atomic E-state index is 4.38. The highest BCUT2D eigenvalue weighted by molar-refractivity contribution is 5.84. The van der Waals surface area contributed by atoms with Crippen LogP contribution in [0.4, 0.5) is 0 Å². The molecule has 1 heteroatoms. The van der Waals surface area contributed by atoms with Gasteiger partial charge in [-0.15, -0.1) is 0 Å². The van der Waals surface area contributed by atoms with Gasteiger partial charge in [-0.3, -0.25) is 4.98 Å². The number of pyridine rings is 1. The minimum atomic E-state index is 0.276. The predicted molar refractivity (Wildman–Crippen MR) is 88.1 cm³/mol. The molecule has 3 rings (SSSR count). The topological polar surface area (TPSA) is 12.9 Å². The number of fused-ring (bicyclic) bond motifs is 1. The molecular weight excluding hydrogens is 254 g/mol. The molecule has 1 aromatic heterocycles. The van der Waals surface area contributed by atoms with E-state index in [-0.39, 0.29) is 5.92 Å². The first-order chi connectivity index (χ1) is 10.4. The van der Waals surface area contributed by atoms with E-state index in [4.69, 9.17) is 0 Å². The first-order valence-electron chi connectivity index (χ1n) is 7.28. The van der Waals surface area contributed by atoms with Crippen LogP contribution in [-0.2, 0) is 0 Å². The summed E-state index contributed by atoms with van der Waals surface area (Å²) in [4.78, 5) is 4.38. The van der Waals surface area contributed by atoms with Crippen molar-refractivity contribution < 1.29 is 0 Å². The average Bonchev–Trinajstić information content (AvgIpc) is 2.56. The molecule has 102 valence electrons. The van der Waals surface area contributed by atoms with Gasteiger partial charge in [-0.05, 0) is 24.1 Å². The van der Waals surface area contributed by atoms with E-state index in [1.165, 1.54) is 5.56 Å². The summed E-state index contributed by atoms with van der Waals surface area (Å²) in [6, 6.07) is 20.6. The third-order valence-electron chi connectivity index (χ3n) is 3.64. The van der Waals surface area contributed by atoms with E-state index in [0.29, 0.717) is 0 Å². The SMILES string of the molecule is CC[C@@H](C#Cc1ccnc2ccccc12)c1ccccc1. The number of nitrogens with zero attached hydrogens (tertiary/aromatic N) is 1. The molecule has 2 aromatic carbocycles. The minimum absolute atomic E-state index is 0.276. The summed E-state index contributed by atoms with van der Waals surface area (Å²) < 4.78 is 0. The van der Waals surface area contributed by atoms with E-state index in [9.17, 15) is 0 Å². The highest BCUT2D eigenvalue weighted by Crippen LogP contribution is 2.19. The Balaban J connectivity index is 1.99. The fourth-order valence-electron chi connectivity index (χ4n) is 2.48. The van der Waals surface area contributed by atoms with E-state index in [1.54, 1.807) is 0 Å². The smallest absolute Gasteiger partial charge is 0.0714 e. The molecule has 3 aromatic rings. The zero-order chi connectivity index (χ0) is 14.5. The van der Waals surface area contributed by atoms with Gasteiger partial charge in [0.25, 0.3) is 0 Å². The van der Waals surface area contributed by atoms with E-state index < -0.39 is 0 Å². The van der Waals surface area contributed by atoms with Gasteiger partial charge in [-0.25, -0.2) is 0 Å². The number of hydrogen-bond acceptors (Lipinski definition) is 1. The van der Waals surface area contributed by atoms with Crippen molar-refractivity contribution in [2.75, 3.05) is 0 Å². The molecule has 1 nitrogen and oxygen atoms in total. The molecule has 0 saturated carbocycles. The molecule has 0 amide bonds. The van der Waals surface area contributed by atoms with Crippen LogP contribution in [0.5, 0.6) is 0 Å². The average molecular weight is 271 g/mol. The first kappa shape index (κ1) is 13.4. The van der Waals surface area contributed by atoms with Gasteiger partial charge >= 0.3 is 0 Å². The maximum Gasteiger partial charge on any atom is 0.0714 e. The molecule has 1 atom stereocenters. The van der Waals surface area contributed by atoms with E-state index in [0.717, 1.165) is 22.9 Å². The zero-order valence-electron chi connectivity index (χ0n) is 12.1. The lowest BCUT2D eigenvalue weighted by Crippen LogP contribution is -1.93. The van der Waals surface area contributed by atoms with Crippen LogP contribution in [0.25, 0.3) is 10.9 Å². The van der Waals surface area contributed by atoms with E-state index >= 15 is 0 Å². The van der Waals surface area contributed by atoms with Crippen LogP contribution in [-0.4, -0.2) is 4.98 Å². The Hall–Kier alpha value is -2.59. The molecular formula is C20H17N. The van der Waals surface area contributed by atoms with Crippen molar-refractivity contribution in [3.63, 3.8) is 0 Å². The standard InChI is InChI=1S/C20H17N/c1-2-16(17-8-4-3-5-9-17)12-13-18-14-15-21-20-11-7-6-10-19(18)20/h3-11,14-16H,2H2,1H3/t16-/m0/s1. The quantitative estimate of drug-likeness (QED) is 0.611. The Morgan fingerprint density at radius 2 is 1.71 bits per heavy atom. The van der Waals surface area contributed by atoms with Crippen molar-refractivity contribution in [1.82, 2.24) is 4.98 Å². The summed E-state index contributed by atoms with van der Waals surface area (Å²) in [5.74, 6) is 7.04. The number of benzene rings is 2. The normalized spacial score (nSPS) is 11.7. The van der Waals surface area contributed by atoms with Crippen molar-refractivity contribution in [3.8, 4) is 11.8 Å². The van der Waals surface area contributed by atoms with Gasteiger partial charge in [-0.1, -0.05) is 67.3 Å². The van der Waals surface area contributed by atoms with Gasteiger partial charge in [0.15, 0.2) is 0 Å². The van der Waals surface area contributed by atoms with Gasteiger partial charge in [0.05, 0.1) is 5.52 Å². The first-order valence-corrected chi connectivity index (χ1v) is 7.28. The van der Waals surface area contributed by atoms with Crippen molar-refractivity contribution >= 4 is 10.9 Å². The summed E-state index contributed by atoms with van der Waals surface area (Å²) in [6.07, 6.45) is 2.84. The fourth-order valence-corrected chi connectivity index (χ4v) is 2.48. The van der Waals surface area contributed by atoms with Gasteiger partial charge in [0.2, 0.25) is 0 Å². The third-order valence-corrected chi connectivity index (χ3v) is 3.64. The van der Waals surface area contributed by atoms with Crippen molar-refractivity contribution in [3.05, 3.63) is 78.0 Å². The Morgan fingerprint density at radius 1 is 0.952 bits per heavy atom. The molecule has 0 bridgehead atoms. The number of para-hydroxylation sites is 1. The van der Waals surface area contributed by atoms with Crippen molar-refractivity contribution in [2.24, 2.45) is 0 Å².